The number of halogens is 1. The standard InChI is InChI=1S/C11H8FN3OS/c12-7-3-1-2-6-4-9(16-11(6)7)10(13)8-5-14-17-15-8/h1-5,10H,13H2. The number of hydrogen-bond acceptors (Lipinski definition) is 5. The van der Waals surface area contributed by atoms with Crippen LogP contribution in [0.25, 0.3) is 11.0 Å². The molecule has 0 spiro atoms. The fourth-order valence-corrected chi connectivity index (χ4v) is 2.11. The van der Waals surface area contributed by atoms with E-state index in [-0.39, 0.29) is 5.58 Å². The number of furan rings is 1. The molecule has 0 aliphatic carbocycles. The van der Waals surface area contributed by atoms with Gasteiger partial charge in [-0.15, -0.1) is 0 Å². The number of nitrogens with zero attached hydrogens (tertiary/aromatic N) is 2. The Morgan fingerprint density at radius 2 is 2.29 bits per heavy atom. The zero-order valence-electron chi connectivity index (χ0n) is 8.63. The first-order valence-corrected chi connectivity index (χ1v) is 5.70. The molecule has 0 amide bonds. The number of aromatic nitrogens is 2. The predicted octanol–water partition coefficient (Wildman–Crippen LogP) is 2.47. The van der Waals surface area contributed by atoms with Crippen LogP contribution in [0.4, 0.5) is 4.39 Å². The molecule has 2 aromatic heterocycles. The Labute approximate surface area is 100 Å². The molecular formula is C11H8FN3OS. The maximum atomic E-state index is 13.4. The van der Waals surface area contributed by atoms with Crippen molar-refractivity contribution in [3.63, 3.8) is 0 Å². The van der Waals surface area contributed by atoms with Crippen LogP contribution in [0, 0.1) is 5.82 Å². The number of fused-ring (bicyclic) bond motifs is 1. The minimum absolute atomic E-state index is 0.223. The molecule has 0 fully saturated rings. The summed E-state index contributed by atoms with van der Waals surface area (Å²) in [7, 11) is 0. The molecule has 3 aromatic rings. The molecule has 1 atom stereocenters. The maximum absolute atomic E-state index is 13.4. The summed E-state index contributed by atoms with van der Waals surface area (Å²) in [6.07, 6.45) is 1.58. The van der Waals surface area contributed by atoms with E-state index in [0.29, 0.717) is 16.8 Å². The van der Waals surface area contributed by atoms with E-state index in [9.17, 15) is 4.39 Å². The van der Waals surface area contributed by atoms with Gasteiger partial charge in [-0.05, 0) is 12.1 Å². The lowest BCUT2D eigenvalue weighted by atomic mass is 10.1. The van der Waals surface area contributed by atoms with Gasteiger partial charge >= 0.3 is 0 Å². The van der Waals surface area contributed by atoms with Crippen molar-refractivity contribution in [1.29, 1.82) is 0 Å². The van der Waals surface area contributed by atoms with E-state index in [1.807, 2.05) is 0 Å². The molecule has 0 aliphatic heterocycles. The van der Waals surface area contributed by atoms with Crippen LogP contribution in [0.15, 0.2) is 34.9 Å². The smallest absolute Gasteiger partial charge is 0.169 e. The lowest BCUT2D eigenvalue weighted by Crippen LogP contribution is -2.10. The van der Waals surface area contributed by atoms with Crippen LogP contribution >= 0.6 is 11.7 Å². The van der Waals surface area contributed by atoms with Crippen LogP contribution in [0.1, 0.15) is 17.5 Å². The minimum atomic E-state index is -0.513. The SMILES string of the molecule is NC(c1cnsn1)c1cc2cccc(F)c2o1. The summed E-state index contributed by atoms with van der Waals surface area (Å²) in [5.41, 5.74) is 6.81. The van der Waals surface area contributed by atoms with Crippen molar-refractivity contribution in [3.8, 4) is 0 Å². The predicted molar refractivity (Wildman–Crippen MR) is 62.1 cm³/mol. The highest BCUT2D eigenvalue weighted by atomic mass is 32.1. The summed E-state index contributed by atoms with van der Waals surface area (Å²) < 4.78 is 26.8. The van der Waals surface area contributed by atoms with E-state index in [0.717, 1.165) is 11.7 Å². The van der Waals surface area contributed by atoms with E-state index in [1.165, 1.54) is 6.07 Å². The van der Waals surface area contributed by atoms with Crippen LogP contribution in [-0.2, 0) is 0 Å². The Kier molecular flexibility index (Phi) is 2.38. The number of nitrogens with two attached hydrogens (primary N) is 1. The normalized spacial score (nSPS) is 13.1. The number of benzene rings is 1. The van der Waals surface area contributed by atoms with Gasteiger partial charge < -0.3 is 10.2 Å². The fraction of sp³-hybridized carbons (Fsp3) is 0.0909. The van der Waals surface area contributed by atoms with Gasteiger partial charge in [0.15, 0.2) is 11.4 Å². The molecule has 4 nitrogen and oxygen atoms in total. The van der Waals surface area contributed by atoms with Gasteiger partial charge in [-0.3, -0.25) is 0 Å². The van der Waals surface area contributed by atoms with Crippen LogP contribution in [0.2, 0.25) is 0 Å². The summed E-state index contributed by atoms with van der Waals surface area (Å²) in [4.78, 5) is 0. The first kappa shape index (κ1) is 10.4. The molecular weight excluding hydrogens is 241 g/mol. The van der Waals surface area contributed by atoms with Crippen LogP contribution in [0.3, 0.4) is 0 Å². The van der Waals surface area contributed by atoms with E-state index in [2.05, 4.69) is 8.75 Å². The van der Waals surface area contributed by atoms with Gasteiger partial charge in [0, 0.05) is 5.39 Å². The molecule has 86 valence electrons. The second-order valence-electron chi connectivity index (χ2n) is 3.62. The lowest BCUT2D eigenvalue weighted by molar-refractivity contribution is 0.500. The van der Waals surface area contributed by atoms with Gasteiger partial charge in [0.05, 0.1) is 23.6 Å². The average molecular weight is 249 g/mol. The quantitative estimate of drug-likeness (QED) is 0.757. The molecule has 1 unspecified atom stereocenters. The van der Waals surface area contributed by atoms with E-state index in [1.54, 1.807) is 24.4 Å². The highest BCUT2D eigenvalue weighted by Gasteiger charge is 2.17. The largest absolute Gasteiger partial charge is 0.456 e. The molecule has 0 radical (unpaired) electrons. The Balaban J connectivity index is 2.10. The monoisotopic (exact) mass is 249 g/mol. The van der Waals surface area contributed by atoms with Gasteiger partial charge in [0.1, 0.15) is 11.8 Å². The Morgan fingerprint density at radius 3 is 3.00 bits per heavy atom. The molecule has 2 heterocycles. The van der Waals surface area contributed by atoms with Gasteiger partial charge in [-0.1, -0.05) is 12.1 Å². The van der Waals surface area contributed by atoms with Crippen molar-refractivity contribution >= 4 is 22.7 Å². The fourth-order valence-electron chi connectivity index (χ4n) is 1.66. The zero-order valence-corrected chi connectivity index (χ0v) is 9.45. The Morgan fingerprint density at radius 1 is 1.41 bits per heavy atom. The summed E-state index contributed by atoms with van der Waals surface area (Å²) in [5, 5.41) is 0.693. The van der Waals surface area contributed by atoms with E-state index >= 15 is 0 Å². The van der Waals surface area contributed by atoms with Crippen molar-refractivity contribution in [3.05, 3.63) is 47.7 Å². The van der Waals surface area contributed by atoms with Gasteiger partial charge in [-0.2, -0.15) is 8.75 Å². The van der Waals surface area contributed by atoms with E-state index in [4.69, 9.17) is 10.2 Å². The van der Waals surface area contributed by atoms with Crippen molar-refractivity contribution < 1.29 is 8.81 Å². The third kappa shape index (κ3) is 1.71. The number of rotatable bonds is 2. The van der Waals surface area contributed by atoms with Crippen LogP contribution in [-0.4, -0.2) is 8.75 Å². The molecule has 1 aromatic carbocycles. The highest BCUT2D eigenvalue weighted by Crippen LogP contribution is 2.27. The summed E-state index contributed by atoms with van der Waals surface area (Å²) in [6.45, 7) is 0. The number of para-hydroxylation sites is 1. The summed E-state index contributed by atoms with van der Waals surface area (Å²) >= 11 is 1.08. The summed E-state index contributed by atoms with van der Waals surface area (Å²) in [5.74, 6) is 0.0927. The lowest BCUT2D eigenvalue weighted by Gasteiger charge is -2.02. The molecule has 17 heavy (non-hydrogen) atoms. The molecule has 0 saturated carbocycles. The van der Waals surface area contributed by atoms with Crippen LogP contribution in [0.5, 0.6) is 0 Å². The van der Waals surface area contributed by atoms with Gasteiger partial charge in [-0.25, -0.2) is 4.39 Å². The first-order chi connectivity index (χ1) is 8.25. The first-order valence-electron chi connectivity index (χ1n) is 4.96. The second-order valence-corrected chi connectivity index (χ2v) is 4.17. The minimum Gasteiger partial charge on any atom is -0.456 e. The molecule has 6 heteroatoms. The van der Waals surface area contributed by atoms with Crippen LogP contribution < -0.4 is 5.73 Å². The zero-order chi connectivity index (χ0) is 11.8. The molecule has 2 N–H and O–H groups in total. The van der Waals surface area contributed by atoms with Gasteiger partial charge in [0.2, 0.25) is 0 Å². The van der Waals surface area contributed by atoms with E-state index < -0.39 is 11.9 Å². The Bertz CT molecular complexity index is 650. The maximum Gasteiger partial charge on any atom is 0.169 e. The van der Waals surface area contributed by atoms with Crippen molar-refractivity contribution in [2.45, 2.75) is 6.04 Å². The molecule has 0 bridgehead atoms. The molecule has 0 saturated heterocycles. The van der Waals surface area contributed by atoms with Crippen molar-refractivity contribution in [2.75, 3.05) is 0 Å². The van der Waals surface area contributed by atoms with Crippen molar-refractivity contribution in [1.82, 2.24) is 8.75 Å². The molecule has 3 rings (SSSR count). The third-order valence-electron chi connectivity index (χ3n) is 2.52. The number of hydrogen-bond donors (Lipinski definition) is 1. The second kappa shape index (κ2) is 3.90. The van der Waals surface area contributed by atoms with Crippen molar-refractivity contribution in [2.24, 2.45) is 5.73 Å². The summed E-state index contributed by atoms with van der Waals surface area (Å²) in [6, 6.07) is 5.97. The molecule has 0 aliphatic rings. The topological polar surface area (TPSA) is 64.9 Å². The highest BCUT2D eigenvalue weighted by molar-refractivity contribution is 6.99. The van der Waals surface area contributed by atoms with Gasteiger partial charge in [0.25, 0.3) is 0 Å². The third-order valence-corrected chi connectivity index (χ3v) is 3.01. The average Bonchev–Trinajstić information content (AvgIpc) is 2.98. The Hall–Kier alpha value is -1.79.